The quantitative estimate of drug-likeness (QED) is 0.741. The fourth-order valence-corrected chi connectivity index (χ4v) is 1.92. The van der Waals surface area contributed by atoms with E-state index in [0.717, 1.165) is 13.1 Å². The Morgan fingerprint density at radius 1 is 1.67 bits per heavy atom. The summed E-state index contributed by atoms with van der Waals surface area (Å²) in [5, 5.41) is 0.327. The van der Waals surface area contributed by atoms with Crippen LogP contribution in [0.2, 0.25) is 5.28 Å². The molecular formula is C9H11Cl2N3O. The van der Waals surface area contributed by atoms with Gasteiger partial charge in [-0.2, -0.15) is 0 Å². The molecule has 6 heteroatoms. The monoisotopic (exact) mass is 247 g/mol. The molecule has 0 saturated carbocycles. The Kier molecular flexibility index (Phi) is 2.89. The highest BCUT2D eigenvalue weighted by molar-refractivity contribution is 6.28. The number of likely N-dealkylation sites (tertiary alicyclic amines) is 1. The minimum atomic E-state index is -0.0294. The maximum absolute atomic E-state index is 11.9. The van der Waals surface area contributed by atoms with Crippen LogP contribution in [0.3, 0.4) is 0 Å². The number of nitrogens with zero attached hydrogens (tertiary/aromatic N) is 3. The Bertz CT molecular complexity index is 385. The Balaban J connectivity index is 2.07. The van der Waals surface area contributed by atoms with Crippen LogP contribution in [0.1, 0.15) is 10.5 Å². The fourth-order valence-electron chi connectivity index (χ4n) is 1.58. The van der Waals surface area contributed by atoms with E-state index < -0.39 is 0 Å². The number of halogens is 2. The zero-order valence-corrected chi connectivity index (χ0v) is 9.79. The maximum atomic E-state index is 11.9. The molecule has 1 aliphatic rings. The van der Waals surface area contributed by atoms with Crippen LogP contribution in [0.25, 0.3) is 0 Å². The molecule has 15 heavy (non-hydrogen) atoms. The summed E-state index contributed by atoms with van der Waals surface area (Å²) in [5.74, 6) is 1.01. The van der Waals surface area contributed by atoms with E-state index in [2.05, 4.69) is 4.98 Å². The van der Waals surface area contributed by atoms with Gasteiger partial charge in [0.1, 0.15) is 5.69 Å². The molecule has 2 heterocycles. The molecule has 0 bridgehead atoms. The van der Waals surface area contributed by atoms with Crippen molar-refractivity contribution in [2.24, 2.45) is 13.0 Å². The minimum absolute atomic E-state index is 0.0294. The predicted molar refractivity (Wildman–Crippen MR) is 58.3 cm³/mol. The molecule has 0 radical (unpaired) electrons. The first kappa shape index (κ1) is 10.8. The molecule has 1 saturated heterocycles. The lowest BCUT2D eigenvalue weighted by Crippen LogP contribution is -2.51. The van der Waals surface area contributed by atoms with Crippen molar-refractivity contribution in [1.29, 1.82) is 0 Å². The molecule has 0 aromatic carbocycles. The summed E-state index contributed by atoms with van der Waals surface area (Å²) in [5.41, 5.74) is 0.521. The van der Waals surface area contributed by atoms with Gasteiger partial charge in [0.25, 0.3) is 5.91 Å². The summed E-state index contributed by atoms with van der Waals surface area (Å²) in [6.07, 6.45) is 1.50. The van der Waals surface area contributed by atoms with E-state index in [1.54, 1.807) is 16.5 Å². The summed E-state index contributed by atoms with van der Waals surface area (Å²) >= 11 is 11.4. The van der Waals surface area contributed by atoms with Crippen molar-refractivity contribution >= 4 is 29.1 Å². The van der Waals surface area contributed by atoms with Crippen LogP contribution in [-0.2, 0) is 7.05 Å². The molecule has 1 amide bonds. The number of aromatic nitrogens is 2. The molecule has 2 rings (SSSR count). The number of hydrogen-bond acceptors (Lipinski definition) is 2. The van der Waals surface area contributed by atoms with Crippen molar-refractivity contribution in [2.75, 3.05) is 19.0 Å². The van der Waals surface area contributed by atoms with Gasteiger partial charge in [0.2, 0.25) is 5.28 Å². The van der Waals surface area contributed by atoms with Crippen LogP contribution in [0.5, 0.6) is 0 Å². The van der Waals surface area contributed by atoms with Crippen molar-refractivity contribution in [2.45, 2.75) is 0 Å². The summed E-state index contributed by atoms with van der Waals surface area (Å²) in [4.78, 5) is 17.5. The van der Waals surface area contributed by atoms with Crippen LogP contribution >= 0.6 is 23.2 Å². The van der Waals surface area contributed by atoms with Gasteiger partial charge >= 0.3 is 0 Å². The van der Waals surface area contributed by atoms with E-state index in [1.165, 1.54) is 6.20 Å². The highest BCUT2D eigenvalue weighted by Gasteiger charge is 2.31. The second-order valence-corrected chi connectivity index (χ2v) is 4.35. The maximum Gasteiger partial charge on any atom is 0.272 e. The SMILES string of the molecule is Cn1c(C(=O)N2CC(CCl)C2)cnc1Cl. The molecule has 0 spiro atoms. The summed E-state index contributed by atoms with van der Waals surface area (Å²) < 4.78 is 1.58. The zero-order chi connectivity index (χ0) is 11.0. The number of hydrogen-bond donors (Lipinski definition) is 0. The van der Waals surface area contributed by atoms with Crippen LogP contribution in [0.15, 0.2) is 6.20 Å². The van der Waals surface area contributed by atoms with E-state index in [0.29, 0.717) is 22.8 Å². The van der Waals surface area contributed by atoms with E-state index in [9.17, 15) is 4.79 Å². The first-order valence-corrected chi connectivity index (χ1v) is 5.57. The van der Waals surface area contributed by atoms with E-state index in [1.807, 2.05) is 0 Å². The third-order valence-electron chi connectivity index (χ3n) is 2.61. The Morgan fingerprint density at radius 3 is 2.80 bits per heavy atom. The average Bonchev–Trinajstić information content (AvgIpc) is 2.46. The van der Waals surface area contributed by atoms with Gasteiger partial charge in [-0.15, -0.1) is 11.6 Å². The third-order valence-corrected chi connectivity index (χ3v) is 3.40. The topological polar surface area (TPSA) is 38.1 Å². The number of amides is 1. The van der Waals surface area contributed by atoms with Crippen LogP contribution in [-0.4, -0.2) is 39.3 Å². The van der Waals surface area contributed by atoms with E-state index >= 15 is 0 Å². The fraction of sp³-hybridized carbons (Fsp3) is 0.556. The lowest BCUT2D eigenvalue weighted by molar-refractivity contribution is 0.0525. The predicted octanol–water partition coefficient (Wildman–Crippen LogP) is 1.38. The summed E-state index contributed by atoms with van der Waals surface area (Å²) in [6, 6.07) is 0. The standard InChI is InChI=1S/C9H11Cl2N3O/c1-13-7(3-12-9(13)11)8(15)14-4-6(2-10)5-14/h3,6H,2,4-5H2,1H3. The van der Waals surface area contributed by atoms with Gasteiger partial charge in [0, 0.05) is 31.9 Å². The highest BCUT2D eigenvalue weighted by atomic mass is 35.5. The van der Waals surface area contributed by atoms with Crippen molar-refractivity contribution in [3.05, 3.63) is 17.2 Å². The van der Waals surface area contributed by atoms with Crippen molar-refractivity contribution in [1.82, 2.24) is 14.5 Å². The summed E-state index contributed by atoms with van der Waals surface area (Å²) in [6.45, 7) is 1.45. The molecule has 1 aliphatic heterocycles. The first-order valence-electron chi connectivity index (χ1n) is 4.66. The van der Waals surface area contributed by atoms with E-state index in [4.69, 9.17) is 23.2 Å². The molecule has 0 N–H and O–H groups in total. The third kappa shape index (κ3) is 1.84. The van der Waals surface area contributed by atoms with Crippen molar-refractivity contribution in [3.63, 3.8) is 0 Å². The smallest absolute Gasteiger partial charge is 0.272 e. The highest BCUT2D eigenvalue weighted by Crippen LogP contribution is 2.20. The Morgan fingerprint density at radius 2 is 2.33 bits per heavy atom. The number of rotatable bonds is 2. The molecule has 1 aromatic heterocycles. The van der Waals surface area contributed by atoms with Crippen molar-refractivity contribution in [3.8, 4) is 0 Å². The molecule has 0 unspecified atom stereocenters. The Hall–Kier alpha value is -0.740. The van der Waals surface area contributed by atoms with Crippen LogP contribution < -0.4 is 0 Å². The minimum Gasteiger partial charge on any atom is -0.337 e. The summed E-state index contributed by atoms with van der Waals surface area (Å²) in [7, 11) is 1.72. The van der Waals surface area contributed by atoms with Gasteiger partial charge in [0.15, 0.2) is 0 Å². The van der Waals surface area contributed by atoms with Gasteiger partial charge in [0.05, 0.1) is 6.20 Å². The zero-order valence-electron chi connectivity index (χ0n) is 8.28. The molecular weight excluding hydrogens is 237 g/mol. The lowest BCUT2D eigenvalue weighted by atomic mass is 10.0. The van der Waals surface area contributed by atoms with Crippen molar-refractivity contribution < 1.29 is 4.79 Å². The average molecular weight is 248 g/mol. The van der Waals surface area contributed by atoms with Crippen LogP contribution in [0, 0.1) is 5.92 Å². The largest absolute Gasteiger partial charge is 0.337 e. The Labute approximate surface area is 97.8 Å². The lowest BCUT2D eigenvalue weighted by Gasteiger charge is -2.38. The normalized spacial score (nSPS) is 16.6. The molecule has 82 valence electrons. The van der Waals surface area contributed by atoms with Gasteiger partial charge in [-0.1, -0.05) is 0 Å². The molecule has 0 atom stereocenters. The number of carbonyl (C=O) groups is 1. The molecule has 0 aliphatic carbocycles. The molecule has 4 nitrogen and oxygen atoms in total. The first-order chi connectivity index (χ1) is 7.13. The van der Waals surface area contributed by atoms with Crippen LogP contribution in [0.4, 0.5) is 0 Å². The van der Waals surface area contributed by atoms with E-state index in [-0.39, 0.29) is 5.91 Å². The number of imidazole rings is 1. The molecule has 1 fully saturated rings. The number of alkyl halides is 1. The van der Waals surface area contributed by atoms with Gasteiger partial charge < -0.3 is 9.47 Å². The van der Waals surface area contributed by atoms with Gasteiger partial charge in [-0.25, -0.2) is 4.98 Å². The molecule has 1 aromatic rings. The second kappa shape index (κ2) is 4.02. The van der Waals surface area contributed by atoms with Gasteiger partial charge in [-0.3, -0.25) is 4.79 Å². The number of carbonyl (C=O) groups excluding carboxylic acids is 1. The second-order valence-electron chi connectivity index (χ2n) is 3.70. The van der Waals surface area contributed by atoms with Gasteiger partial charge in [-0.05, 0) is 11.6 Å².